The van der Waals surface area contributed by atoms with Crippen LogP contribution in [0.3, 0.4) is 0 Å². The van der Waals surface area contributed by atoms with E-state index in [1.807, 2.05) is 24.8 Å². The summed E-state index contributed by atoms with van der Waals surface area (Å²) in [5.41, 5.74) is 1.34. The van der Waals surface area contributed by atoms with Gasteiger partial charge in [0.1, 0.15) is 5.82 Å². The van der Waals surface area contributed by atoms with Gasteiger partial charge in [0, 0.05) is 16.7 Å². The minimum atomic E-state index is -0.301. The molecule has 2 nitrogen and oxygen atoms in total. The topological polar surface area (TPSA) is 32.3 Å². The molecule has 0 aromatic heterocycles. The van der Waals surface area contributed by atoms with Crippen LogP contribution in [0.2, 0.25) is 0 Å². The second-order valence-corrected chi connectivity index (χ2v) is 6.33. The van der Waals surface area contributed by atoms with Gasteiger partial charge in [-0.25, -0.2) is 4.39 Å². The van der Waals surface area contributed by atoms with E-state index in [0.717, 1.165) is 23.4 Å². The number of hydrogen-bond donors (Lipinski definition) is 2. The zero-order valence-electron chi connectivity index (χ0n) is 10.2. The average Bonchev–Trinajstić information content (AvgIpc) is 2.59. The maximum atomic E-state index is 13.3. The fourth-order valence-corrected chi connectivity index (χ4v) is 3.64. The highest BCUT2D eigenvalue weighted by Crippen LogP contribution is 2.36. The summed E-state index contributed by atoms with van der Waals surface area (Å²) in [6.07, 6.45) is 0.906. The van der Waals surface area contributed by atoms with Crippen LogP contribution in [0.5, 0.6) is 0 Å². The van der Waals surface area contributed by atoms with Gasteiger partial charge in [0.2, 0.25) is 0 Å². The third kappa shape index (κ3) is 2.93. The van der Waals surface area contributed by atoms with Crippen LogP contribution in [-0.4, -0.2) is 28.3 Å². The van der Waals surface area contributed by atoms with Crippen LogP contribution >= 0.6 is 11.8 Å². The Bertz CT molecular complexity index is 392. The number of aliphatic hydroxyl groups excluding tert-OH is 1. The number of anilines is 1. The van der Waals surface area contributed by atoms with Crippen LogP contribution in [-0.2, 0) is 0 Å². The Morgan fingerprint density at radius 1 is 1.53 bits per heavy atom. The number of halogens is 1. The summed E-state index contributed by atoms with van der Waals surface area (Å²) >= 11 is 1.84. The van der Waals surface area contributed by atoms with E-state index >= 15 is 0 Å². The molecule has 0 saturated carbocycles. The molecule has 1 aliphatic heterocycles. The lowest BCUT2D eigenvalue weighted by atomic mass is 9.96. The Balaban J connectivity index is 2.18. The molecule has 2 atom stereocenters. The van der Waals surface area contributed by atoms with Crippen molar-refractivity contribution in [3.8, 4) is 0 Å². The van der Waals surface area contributed by atoms with E-state index in [9.17, 15) is 9.50 Å². The summed E-state index contributed by atoms with van der Waals surface area (Å²) in [5.74, 6) is 0.625. The van der Waals surface area contributed by atoms with Gasteiger partial charge in [-0.3, -0.25) is 0 Å². The minimum Gasteiger partial charge on any atom is -0.394 e. The number of hydrogen-bond acceptors (Lipinski definition) is 3. The highest BCUT2D eigenvalue weighted by atomic mass is 32.2. The van der Waals surface area contributed by atoms with Crippen molar-refractivity contribution in [3.63, 3.8) is 0 Å². The Kier molecular flexibility index (Phi) is 3.64. The van der Waals surface area contributed by atoms with Crippen LogP contribution in [0.15, 0.2) is 18.2 Å². The van der Waals surface area contributed by atoms with Crippen LogP contribution in [0.25, 0.3) is 0 Å². The molecule has 1 aromatic carbocycles. The largest absolute Gasteiger partial charge is 0.394 e. The quantitative estimate of drug-likeness (QED) is 0.871. The summed E-state index contributed by atoms with van der Waals surface area (Å²) in [7, 11) is 0. The predicted molar refractivity (Wildman–Crippen MR) is 71.1 cm³/mol. The monoisotopic (exact) mass is 255 g/mol. The Labute approximate surface area is 106 Å². The van der Waals surface area contributed by atoms with Crippen molar-refractivity contribution in [2.45, 2.75) is 31.1 Å². The van der Waals surface area contributed by atoms with Gasteiger partial charge in [-0.15, -0.1) is 0 Å². The zero-order valence-corrected chi connectivity index (χ0v) is 11.0. The van der Waals surface area contributed by atoms with Gasteiger partial charge in [0.15, 0.2) is 0 Å². The molecular formula is C13H18FNOS. The van der Waals surface area contributed by atoms with E-state index in [1.165, 1.54) is 12.1 Å². The predicted octanol–water partition coefficient (Wildman–Crippen LogP) is 2.80. The summed E-state index contributed by atoms with van der Waals surface area (Å²) < 4.78 is 13.3. The molecule has 0 spiro atoms. The van der Waals surface area contributed by atoms with Crippen molar-refractivity contribution in [2.24, 2.45) is 0 Å². The van der Waals surface area contributed by atoms with Crippen molar-refractivity contribution < 1.29 is 9.50 Å². The lowest BCUT2D eigenvalue weighted by Gasteiger charge is -2.29. The molecule has 17 heavy (non-hydrogen) atoms. The summed E-state index contributed by atoms with van der Waals surface area (Å²) in [5, 5.41) is 13.4. The van der Waals surface area contributed by atoms with E-state index < -0.39 is 0 Å². The molecule has 4 heteroatoms. The van der Waals surface area contributed by atoms with Gasteiger partial charge in [-0.1, -0.05) is 6.92 Å². The Morgan fingerprint density at radius 2 is 2.29 bits per heavy atom. The highest BCUT2D eigenvalue weighted by molar-refractivity contribution is 8.00. The van der Waals surface area contributed by atoms with Gasteiger partial charge in [0.25, 0.3) is 0 Å². The molecular weight excluding hydrogens is 237 g/mol. The lowest BCUT2D eigenvalue weighted by molar-refractivity contribution is 0.223. The van der Waals surface area contributed by atoms with Gasteiger partial charge < -0.3 is 10.4 Å². The number of nitrogens with one attached hydrogen (secondary N) is 1. The molecule has 1 saturated heterocycles. The van der Waals surface area contributed by atoms with E-state index in [4.69, 9.17) is 0 Å². The first kappa shape index (κ1) is 12.7. The summed E-state index contributed by atoms with van der Waals surface area (Å²) in [4.78, 5) is 0. The third-order valence-corrected chi connectivity index (χ3v) is 4.53. The van der Waals surface area contributed by atoms with Crippen LogP contribution in [0.1, 0.15) is 18.9 Å². The van der Waals surface area contributed by atoms with Crippen molar-refractivity contribution >= 4 is 17.4 Å². The lowest BCUT2D eigenvalue weighted by Crippen LogP contribution is -2.42. The third-order valence-electron chi connectivity index (χ3n) is 3.08. The summed E-state index contributed by atoms with van der Waals surface area (Å²) in [6, 6.07) is 4.90. The number of benzene rings is 1. The van der Waals surface area contributed by atoms with E-state index in [0.29, 0.717) is 5.25 Å². The van der Waals surface area contributed by atoms with E-state index in [2.05, 4.69) is 12.2 Å². The first-order chi connectivity index (χ1) is 8.03. The SMILES string of the molecule is Cc1cc(F)cc(NC2(CO)CSC(C)C2)c1. The molecule has 1 aliphatic rings. The minimum absolute atomic E-state index is 0.0832. The second-order valence-electron chi connectivity index (χ2n) is 4.91. The maximum absolute atomic E-state index is 13.3. The number of thioether (sulfide) groups is 1. The van der Waals surface area contributed by atoms with Crippen LogP contribution < -0.4 is 5.32 Å². The number of rotatable bonds is 3. The van der Waals surface area contributed by atoms with Gasteiger partial charge in [-0.05, 0) is 37.1 Å². The molecule has 94 valence electrons. The standard InChI is InChI=1S/C13H18FNOS/c1-9-3-11(14)5-12(4-9)15-13(7-16)6-10(2)17-8-13/h3-5,10,15-16H,6-8H2,1-2H3. The molecule has 0 bridgehead atoms. The van der Waals surface area contributed by atoms with Gasteiger partial charge in [-0.2, -0.15) is 11.8 Å². The molecule has 1 fully saturated rings. The molecule has 1 heterocycles. The average molecular weight is 255 g/mol. The molecule has 2 N–H and O–H groups in total. The zero-order chi connectivity index (χ0) is 12.5. The van der Waals surface area contributed by atoms with Gasteiger partial charge >= 0.3 is 0 Å². The molecule has 0 amide bonds. The van der Waals surface area contributed by atoms with Crippen LogP contribution in [0.4, 0.5) is 10.1 Å². The summed E-state index contributed by atoms with van der Waals surface area (Å²) in [6.45, 7) is 4.10. The van der Waals surface area contributed by atoms with Crippen molar-refractivity contribution in [3.05, 3.63) is 29.6 Å². The highest BCUT2D eigenvalue weighted by Gasteiger charge is 2.37. The normalized spacial score (nSPS) is 28.4. The molecule has 2 unspecified atom stereocenters. The van der Waals surface area contributed by atoms with Crippen molar-refractivity contribution in [1.82, 2.24) is 0 Å². The maximum Gasteiger partial charge on any atom is 0.125 e. The smallest absolute Gasteiger partial charge is 0.125 e. The Morgan fingerprint density at radius 3 is 2.82 bits per heavy atom. The van der Waals surface area contributed by atoms with Crippen molar-refractivity contribution in [2.75, 3.05) is 17.7 Å². The molecule has 2 rings (SSSR count). The van der Waals surface area contributed by atoms with Crippen molar-refractivity contribution in [1.29, 1.82) is 0 Å². The molecule has 0 radical (unpaired) electrons. The first-order valence-corrected chi connectivity index (χ1v) is 6.86. The second kappa shape index (κ2) is 4.86. The van der Waals surface area contributed by atoms with E-state index in [1.54, 1.807) is 0 Å². The molecule has 1 aromatic rings. The Hall–Kier alpha value is -0.740. The fraction of sp³-hybridized carbons (Fsp3) is 0.538. The van der Waals surface area contributed by atoms with Crippen LogP contribution in [0, 0.1) is 12.7 Å². The van der Waals surface area contributed by atoms with Gasteiger partial charge in [0.05, 0.1) is 12.1 Å². The number of aliphatic hydroxyl groups is 1. The first-order valence-electron chi connectivity index (χ1n) is 5.81. The fourth-order valence-electron chi connectivity index (χ4n) is 2.32. The number of aryl methyl sites for hydroxylation is 1. The van der Waals surface area contributed by atoms with E-state index in [-0.39, 0.29) is 18.0 Å². The molecule has 0 aliphatic carbocycles.